The van der Waals surface area contributed by atoms with Crippen LogP contribution in [0.15, 0.2) is 47.8 Å². The molecule has 0 aliphatic rings. The van der Waals surface area contributed by atoms with Crippen LogP contribution in [0, 0.1) is 12.7 Å². The van der Waals surface area contributed by atoms with Crippen molar-refractivity contribution in [2.24, 2.45) is 0 Å². The normalized spacial score (nSPS) is 10.8. The van der Waals surface area contributed by atoms with Crippen molar-refractivity contribution in [3.05, 3.63) is 64.8 Å². The standard InChI is InChI=1S/C16H13FOS/c1-11-5-2-3-7-14(11)18-9-12-10-19-15-8-4-6-13(17)16(12)15/h2-8,10H,9H2,1H3. The van der Waals surface area contributed by atoms with Gasteiger partial charge in [0.1, 0.15) is 18.2 Å². The van der Waals surface area contributed by atoms with E-state index in [0.717, 1.165) is 21.6 Å². The molecule has 0 spiro atoms. The Bertz CT molecular complexity index is 718. The summed E-state index contributed by atoms with van der Waals surface area (Å²) in [6.45, 7) is 2.40. The number of thiophene rings is 1. The third-order valence-corrected chi connectivity index (χ3v) is 4.10. The molecule has 1 heterocycles. The average molecular weight is 272 g/mol. The van der Waals surface area contributed by atoms with Crippen molar-refractivity contribution in [1.82, 2.24) is 0 Å². The lowest BCUT2D eigenvalue weighted by molar-refractivity contribution is 0.305. The van der Waals surface area contributed by atoms with E-state index >= 15 is 0 Å². The minimum atomic E-state index is -0.179. The van der Waals surface area contributed by atoms with Crippen LogP contribution in [0.1, 0.15) is 11.1 Å². The van der Waals surface area contributed by atoms with Gasteiger partial charge in [-0.2, -0.15) is 0 Å². The van der Waals surface area contributed by atoms with Gasteiger partial charge in [0, 0.05) is 15.6 Å². The zero-order valence-corrected chi connectivity index (χ0v) is 11.3. The summed E-state index contributed by atoms with van der Waals surface area (Å²) in [6, 6.07) is 13.0. The third kappa shape index (κ3) is 2.34. The molecule has 1 aromatic heterocycles. The minimum Gasteiger partial charge on any atom is -0.489 e. The summed E-state index contributed by atoms with van der Waals surface area (Å²) < 4.78 is 20.6. The maximum absolute atomic E-state index is 13.8. The fourth-order valence-electron chi connectivity index (χ4n) is 2.09. The Balaban J connectivity index is 1.89. The highest BCUT2D eigenvalue weighted by Crippen LogP contribution is 2.29. The zero-order valence-electron chi connectivity index (χ0n) is 10.5. The van der Waals surface area contributed by atoms with Gasteiger partial charge in [-0.15, -0.1) is 11.3 Å². The second-order valence-corrected chi connectivity index (χ2v) is 5.34. The van der Waals surface area contributed by atoms with Crippen LogP contribution < -0.4 is 4.74 Å². The lowest BCUT2D eigenvalue weighted by Crippen LogP contribution is -1.96. The van der Waals surface area contributed by atoms with Gasteiger partial charge in [-0.05, 0) is 36.1 Å². The number of hydrogen-bond donors (Lipinski definition) is 0. The maximum atomic E-state index is 13.8. The van der Waals surface area contributed by atoms with E-state index in [1.54, 1.807) is 17.4 Å². The molecule has 0 unspecified atom stereocenters. The van der Waals surface area contributed by atoms with Gasteiger partial charge in [0.05, 0.1) is 0 Å². The average Bonchev–Trinajstić information content (AvgIpc) is 2.83. The number of halogens is 1. The first kappa shape index (κ1) is 12.2. The van der Waals surface area contributed by atoms with Crippen LogP contribution in [0.3, 0.4) is 0 Å². The molecule has 0 aliphatic carbocycles. The topological polar surface area (TPSA) is 9.23 Å². The smallest absolute Gasteiger partial charge is 0.132 e. The number of fused-ring (bicyclic) bond motifs is 1. The highest BCUT2D eigenvalue weighted by atomic mass is 32.1. The van der Waals surface area contributed by atoms with Crippen molar-refractivity contribution >= 4 is 21.4 Å². The van der Waals surface area contributed by atoms with Crippen LogP contribution in [-0.4, -0.2) is 0 Å². The van der Waals surface area contributed by atoms with E-state index in [2.05, 4.69) is 0 Å². The minimum absolute atomic E-state index is 0.179. The highest BCUT2D eigenvalue weighted by Gasteiger charge is 2.09. The van der Waals surface area contributed by atoms with Gasteiger partial charge in [-0.25, -0.2) is 4.39 Å². The fourth-order valence-corrected chi connectivity index (χ4v) is 3.05. The van der Waals surface area contributed by atoms with E-state index < -0.39 is 0 Å². The highest BCUT2D eigenvalue weighted by molar-refractivity contribution is 7.17. The van der Waals surface area contributed by atoms with Crippen LogP contribution in [-0.2, 0) is 6.61 Å². The molecule has 0 saturated carbocycles. The molecule has 0 saturated heterocycles. The molecule has 0 bridgehead atoms. The number of benzene rings is 2. The Hall–Kier alpha value is -1.87. The summed E-state index contributed by atoms with van der Waals surface area (Å²) >= 11 is 1.55. The maximum Gasteiger partial charge on any atom is 0.132 e. The lowest BCUT2D eigenvalue weighted by atomic mass is 10.2. The van der Waals surface area contributed by atoms with Crippen LogP contribution in [0.2, 0.25) is 0 Å². The van der Waals surface area contributed by atoms with Gasteiger partial charge in [-0.1, -0.05) is 24.3 Å². The molecule has 3 rings (SSSR count). The summed E-state index contributed by atoms with van der Waals surface area (Å²) in [5.41, 5.74) is 1.99. The molecular formula is C16H13FOS. The molecule has 1 nitrogen and oxygen atoms in total. The molecule has 96 valence electrons. The van der Waals surface area contributed by atoms with E-state index in [9.17, 15) is 4.39 Å². The van der Waals surface area contributed by atoms with Crippen molar-refractivity contribution in [1.29, 1.82) is 0 Å². The second kappa shape index (κ2) is 5.02. The van der Waals surface area contributed by atoms with Crippen molar-refractivity contribution < 1.29 is 9.13 Å². The quantitative estimate of drug-likeness (QED) is 0.657. The van der Waals surface area contributed by atoms with Crippen LogP contribution in [0.4, 0.5) is 4.39 Å². The number of aryl methyl sites for hydroxylation is 1. The van der Waals surface area contributed by atoms with E-state index in [-0.39, 0.29) is 5.82 Å². The summed E-state index contributed by atoms with van der Waals surface area (Å²) in [4.78, 5) is 0. The van der Waals surface area contributed by atoms with Gasteiger partial charge in [0.15, 0.2) is 0 Å². The number of para-hydroxylation sites is 1. The van der Waals surface area contributed by atoms with Gasteiger partial charge >= 0.3 is 0 Å². The monoisotopic (exact) mass is 272 g/mol. The molecule has 0 fully saturated rings. The van der Waals surface area contributed by atoms with Crippen molar-refractivity contribution in [2.45, 2.75) is 13.5 Å². The SMILES string of the molecule is Cc1ccccc1OCc1csc2cccc(F)c12. The fraction of sp³-hybridized carbons (Fsp3) is 0.125. The Morgan fingerprint density at radius 3 is 2.79 bits per heavy atom. The largest absolute Gasteiger partial charge is 0.489 e. The number of rotatable bonds is 3. The molecule has 0 atom stereocenters. The van der Waals surface area contributed by atoms with Crippen LogP contribution >= 0.6 is 11.3 Å². The molecule has 19 heavy (non-hydrogen) atoms. The summed E-state index contributed by atoms with van der Waals surface area (Å²) in [5.74, 6) is 0.667. The van der Waals surface area contributed by atoms with Crippen molar-refractivity contribution in [3.8, 4) is 5.75 Å². The Morgan fingerprint density at radius 1 is 1.11 bits per heavy atom. The summed E-state index contributed by atoms with van der Waals surface area (Å²) in [6.07, 6.45) is 0. The van der Waals surface area contributed by atoms with Gasteiger partial charge < -0.3 is 4.74 Å². The lowest BCUT2D eigenvalue weighted by Gasteiger charge is -2.08. The Kier molecular flexibility index (Phi) is 3.22. The summed E-state index contributed by atoms with van der Waals surface area (Å²) in [7, 11) is 0. The van der Waals surface area contributed by atoms with Crippen molar-refractivity contribution in [3.63, 3.8) is 0 Å². The Labute approximate surface area is 115 Å². The molecule has 3 aromatic rings. The Morgan fingerprint density at radius 2 is 1.95 bits per heavy atom. The molecular weight excluding hydrogens is 259 g/mol. The first-order valence-corrected chi connectivity index (χ1v) is 6.96. The molecule has 0 aliphatic heterocycles. The van der Waals surface area contributed by atoms with E-state index in [4.69, 9.17) is 4.74 Å². The molecule has 0 N–H and O–H groups in total. The zero-order chi connectivity index (χ0) is 13.2. The number of hydrogen-bond acceptors (Lipinski definition) is 2. The molecule has 0 amide bonds. The first-order chi connectivity index (χ1) is 9.25. The summed E-state index contributed by atoms with van der Waals surface area (Å²) in [5, 5.41) is 2.65. The number of ether oxygens (including phenoxy) is 1. The van der Waals surface area contributed by atoms with Crippen molar-refractivity contribution in [2.75, 3.05) is 0 Å². The predicted octanol–water partition coefficient (Wildman–Crippen LogP) is 4.93. The molecule has 0 radical (unpaired) electrons. The van der Waals surface area contributed by atoms with E-state index in [1.807, 2.05) is 42.6 Å². The second-order valence-electron chi connectivity index (χ2n) is 4.43. The van der Waals surface area contributed by atoms with Gasteiger partial charge in [0.2, 0.25) is 0 Å². The van der Waals surface area contributed by atoms with Crippen LogP contribution in [0.25, 0.3) is 10.1 Å². The van der Waals surface area contributed by atoms with E-state index in [0.29, 0.717) is 12.0 Å². The predicted molar refractivity (Wildman–Crippen MR) is 77.3 cm³/mol. The molecule has 2 aromatic carbocycles. The van der Waals surface area contributed by atoms with Gasteiger partial charge in [-0.3, -0.25) is 0 Å². The first-order valence-electron chi connectivity index (χ1n) is 6.09. The molecule has 3 heteroatoms. The van der Waals surface area contributed by atoms with E-state index in [1.165, 1.54) is 6.07 Å². The third-order valence-electron chi connectivity index (χ3n) is 3.10. The van der Waals surface area contributed by atoms with Gasteiger partial charge in [0.25, 0.3) is 0 Å². The van der Waals surface area contributed by atoms with Crippen LogP contribution in [0.5, 0.6) is 5.75 Å².